The molecule has 0 amide bonds. The topological polar surface area (TPSA) is 41.9 Å². The molecule has 4 nitrogen and oxygen atoms in total. The maximum Gasteiger partial charge on any atom is 0.241 e. The fourth-order valence-electron chi connectivity index (χ4n) is 2.02. The lowest BCUT2D eigenvalue weighted by Gasteiger charge is -2.37. The molecule has 1 rings (SSSR count). The van der Waals surface area contributed by atoms with Crippen LogP contribution in [0.5, 0.6) is 0 Å². The van der Waals surface area contributed by atoms with Gasteiger partial charge in [0.2, 0.25) is 14.7 Å². The fraction of sp³-hybridized carbons (Fsp3) is 0.857. The van der Waals surface area contributed by atoms with Crippen molar-refractivity contribution in [3.8, 4) is 0 Å². The van der Waals surface area contributed by atoms with E-state index in [1.165, 1.54) is 5.57 Å². The summed E-state index contributed by atoms with van der Waals surface area (Å²) >= 11 is 0. The summed E-state index contributed by atoms with van der Waals surface area (Å²) in [6.07, 6.45) is 0.00379. The Kier molecular flexibility index (Phi) is 5.23. The maximum absolute atomic E-state index is 10.1. The Morgan fingerprint density at radius 3 is 2.26 bits per heavy atom. The number of rotatable bonds is 4. The van der Waals surface area contributed by atoms with Crippen molar-refractivity contribution < 1.29 is 14.3 Å². The zero-order valence-corrected chi connectivity index (χ0v) is 14.4. The van der Waals surface area contributed by atoms with E-state index in [9.17, 15) is 5.11 Å². The Bertz CT molecular complexity index is 342. The first kappa shape index (κ1) is 16.7. The predicted octanol–water partition coefficient (Wildman–Crippen LogP) is 2.91. The molecule has 0 aromatic carbocycles. The highest BCUT2D eigenvalue weighted by atomic mass is 28.4. The first-order valence-electron chi connectivity index (χ1n) is 6.95. The highest BCUT2D eigenvalue weighted by Crippen LogP contribution is 2.24. The molecule has 19 heavy (non-hydrogen) atoms. The normalized spacial score (nSPS) is 20.6. The van der Waals surface area contributed by atoms with Gasteiger partial charge in [0.1, 0.15) is 0 Å². The van der Waals surface area contributed by atoms with Gasteiger partial charge in [-0.25, -0.2) is 0 Å². The summed E-state index contributed by atoms with van der Waals surface area (Å²) in [5.41, 5.74) is 0.858. The number of aliphatic hydroxyl groups is 1. The van der Waals surface area contributed by atoms with E-state index in [4.69, 9.17) is 9.16 Å². The largest absolute Gasteiger partial charge is 0.547 e. The third-order valence-corrected chi connectivity index (χ3v) is 3.60. The summed E-state index contributed by atoms with van der Waals surface area (Å²) in [5, 5.41) is 10.1. The summed E-state index contributed by atoms with van der Waals surface area (Å²) in [7, 11) is -1.54. The molecule has 0 radical (unpaired) electrons. The summed E-state index contributed by atoms with van der Waals surface area (Å²) in [4.78, 5) is 1.94. The average Bonchev–Trinajstić information content (AvgIpc) is 2.16. The molecule has 0 spiro atoms. The fourth-order valence-corrected chi connectivity index (χ4v) is 3.03. The van der Waals surface area contributed by atoms with Crippen LogP contribution in [0.2, 0.25) is 19.6 Å². The van der Waals surface area contributed by atoms with Crippen molar-refractivity contribution in [1.29, 1.82) is 0 Å². The van der Waals surface area contributed by atoms with Gasteiger partial charge in [-0.3, -0.25) is 4.90 Å². The van der Waals surface area contributed by atoms with Gasteiger partial charge in [-0.15, -0.1) is 0 Å². The highest BCUT2D eigenvalue weighted by molar-refractivity contribution is 6.70. The summed E-state index contributed by atoms with van der Waals surface area (Å²) in [6, 6.07) is 0. The molecule has 0 fully saturated rings. The summed E-state index contributed by atoms with van der Waals surface area (Å²) in [5.74, 6) is 1.11. The quantitative estimate of drug-likeness (QED) is 0.638. The van der Waals surface area contributed by atoms with Crippen LogP contribution in [0.15, 0.2) is 11.3 Å². The molecule has 0 aliphatic carbocycles. The molecule has 1 aliphatic rings. The van der Waals surface area contributed by atoms with Crippen LogP contribution in [0.1, 0.15) is 34.1 Å². The molecule has 112 valence electrons. The molecule has 1 heterocycles. The second-order valence-electron chi connectivity index (χ2n) is 7.19. The van der Waals surface area contributed by atoms with Gasteiger partial charge in [0.05, 0.1) is 11.4 Å². The zero-order chi connectivity index (χ0) is 14.8. The van der Waals surface area contributed by atoms with Gasteiger partial charge in [-0.05, 0) is 52.9 Å². The van der Waals surface area contributed by atoms with Gasteiger partial charge in [-0.2, -0.15) is 0 Å². The van der Waals surface area contributed by atoms with Crippen molar-refractivity contribution >= 4 is 8.32 Å². The van der Waals surface area contributed by atoms with Crippen molar-refractivity contribution in [3.63, 3.8) is 0 Å². The predicted molar refractivity (Wildman–Crippen MR) is 80.2 cm³/mol. The first-order chi connectivity index (χ1) is 8.48. The highest BCUT2D eigenvalue weighted by Gasteiger charge is 2.28. The van der Waals surface area contributed by atoms with Crippen molar-refractivity contribution in [2.45, 2.75) is 65.8 Å². The van der Waals surface area contributed by atoms with E-state index < -0.39 is 14.7 Å². The minimum absolute atomic E-state index is 0.341. The van der Waals surface area contributed by atoms with E-state index in [0.29, 0.717) is 6.54 Å². The van der Waals surface area contributed by atoms with Gasteiger partial charge in [0.15, 0.2) is 0 Å². The number of nitrogens with zero attached hydrogens (tertiary/aromatic N) is 1. The van der Waals surface area contributed by atoms with Crippen LogP contribution in [0.4, 0.5) is 0 Å². The molecule has 0 saturated carbocycles. The van der Waals surface area contributed by atoms with Gasteiger partial charge in [0, 0.05) is 19.5 Å². The molecule has 1 unspecified atom stereocenters. The Balaban J connectivity index is 2.63. The zero-order valence-electron chi connectivity index (χ0n) is 13.4. The summed E-state index contributed by atoms with van der Waals surface area (Å²) in [6.45, 7) is 16.0. The minimum atomic E-state index is -1.54. The summed E-state index contributed by atoms with van der Waals surface area (Å²) < 4.78 is 11.7. The van der Waals surface area contributed by atoms with E-state index in [1.54, 1.807) is 0 Å². The van der Waals surface area contributed by atoms with Crippen molar-refractivity contribution in [2.24, 2.45) is 0 Å². The minimum Gasteiger partial charge on any atom is -0.547 e. The lowest BCUT2D eigenvalue weighted by molar-refractivity contribution is -0.238. The van der Waals surface area contributed by atoms with E-state index >= 15 is 0 Å². The lowest BCUT2D eigenvalue weighted by Crippen LogP contribution is -2.45. The van der Waals surface area contributed by atoms with E-state index in [-0.39, 0.29) is 5.60 Å². The number of hydrogen-bond acceptors (Lipinski definition) is 4. The first-order valence-corrected chi connectivity index (χ1v) is 10.4. The Hall–Kier alpha value is -0.363. The van der Waals surface area contributed by atoms with Crippen LogP contribution >= 0.6 is 0 Å². The van der Waals surface area contributed by atoms with Gasteiger partial charge >= 0.3 is 0 Å². The van der Waals surface area contributed by atoms with Gasteiger partial charge in [-0.1, -0.05) is 0 Å². The standard InChI is InChI=1S/C14H29NO3Si/c1-11-10-15(13(16)17-14(2,3)4)9-8-12(11)18-19(5,6)7/h13,16H,8-10H2,1-7H3. The van der Waals surface area contributed by atoms with Crippen LogP contribution in [0.3, 0.4) is 0 Å². The van der Waals surface area contributed by atoms with Crippen molar-refractivity contribution in [2.75, 3.05) is 13.1 Å². The van der Waals surface area contributed by atoms with E-state index in [1.807, 2.05) is 25.7 Å². The molecular weight excluding hydrogens is 258 g/mol. The number of hydrogen-bond donors (Lipinski definition) is 1. The van der Waals surface area contributed by atoms with Gasteiger partial charge in [0.25, 0.3) is 0 Å². The van der Waals surface area contributed by atoms with Crippen molar-refractivity contribution in [1.82, 2.24) is 4.90 Å². The number of ether oxygens (including phenoxy) is 1. The van der Waals surface area contributed by atoms with Crippen LogP contribution in [-0.2, 0) is 9.16 Å². The van der Waals surface area contributed by atoms with Gasteiger partial charge < -0.3 is 14.3 Å². The smallest absolute Gasteiger partial charge is 0.241 e. The SMILES string of the molecule is CC1=C(O[Si](C)(C)C)CCN(C(O)OC(C)(C)C)C1. The second kappa shape index (κ2) is 5.95. The van der Waals surface area contributed by atoms with Crippen LogP contribution in [0.25, 0.3) is 0 Å². The molecular formula is C14H29NO3Si. The van der Waals surface area contributed by atoms with Crippen molar-refractivity contribution in [3.05, 3.63) is 11.3 Å². The average molecular weight is 287 g/mol. The van der Waals surface area contributed by atoms with E-state index in [2.05, 4.69) is 26.6 Å². The molecule has 0 aromatic heterocycles. The molecule has 0 aromatic rings. The Labute approximate surface area is 118 Å². The second-order valence-corrected chi connectivity index (χ2v) is 11.6. The number of aliphatic hydroxyl groups excluding tert-OH is 1. The molecule has 1 N–H and O–H groups in total. The lowest BCUT2D eigenvalue weighted by atomic mass is 10.1. The molecule has 5 heteroatoms. The molecule has 1 atom stereocenters. The van der Waals surface area contributed by atoms with Crippen LogP contribution in [0, 0.1) is 0 Å². The Morgan fingerprint density at radius 2 is 1.84 bits per heavy atom. The molecule has 0 saturated heterocycles. The third kappa shape index (κ3) is 6.08. The van der Waals surface area contributed by atoms with Crippen LogP contribution < -0.4 is 0 Å². The molecule has 1 aliphatic heterocycles. The molecule has 0 bridgehead atoms. The van der Waals surface area contributed by atoms with Crippen LogP contribution in [-0.4, -0.2) is 43.4 Å². The monoisotopic (exact) mass is 287 g/mol. The maximum atomic E-state index is 10.1. The Morgan fingerprint density at radius 1 is 1.26 bits per heavy atom. The van der Waals surface area contributed by atoms with E-state index in [0.717, 1.165) is 18.7 Å². The third-order valence-electron chi connectivity index (χ3n) is 2.74.